The molecule has 2 aliphatic heterocycles. The Morgan fingerprint density at radius 2 is 2.03 bits per heavy atom. The summed E-state index contributed by atoms with van der Waals surface area (Å²) in [4.78, 5) is 15.1. The first kappa shape index (κ1) is 22.0. The Bertz CT molecular complexity index is 774. The first-order valence-corrected chi connectivity index (χ1v) is 11.9. The molecule has 0 saturated carbocycles. The number of amides is 1. The Morgan fingerprint density at radius 3 is 2.72 bits per heavy atom. The second-order valence-electron chi connectivity index (χ2n) is 7.55. The van der Waals surface area contributed by atoms with Crippen LogP contribution in [-0.4, -0.2) is 77.1 Å². The van der Waals surface area contributed by atoms with Gasteiger partial charge in [-0.3, -0.25) is 14.4 Å². The first-order chi connectivity index (χ1) is 14.0. The Balaban J connectivity index is 1.63. The average Bonchev–Trinajstić information content (AvgIpc) is 3.23. The molecule has 9 heteroatoms. The number of sulfonamides is 1. The van der Waals surface area contributed by atoms with Gasteiger partial charge in [0.1, 0.15) is 0 Å². The van der Waals surface area contributed by atoms with Crippen LogP contribution in [0, 0.1) is 5.92 Å². The van der Waals surface area contributed by atoms with Crippen molar-refractivity contribution >= 4 is 21.6 Å². The second-order valence-corrected chi connectivity index (χ2v) is 9.39. The lowest BCUT2D eigenvalue weighted by Crippen LogP contribution is -2.52. The molecule has 0 aliphatic carbocycles. The van der Waals surface area contributed by atoms with Gasteiger partial charge in [0, 0.05) is 49.5 Å². The third-order valence-corrected chi connectivity index (χ3v) is 6.86. The number of carbonyl (C=O) groups excluding carboxylic acids is 1. The topological polar surface area (TPSA) is 97.0 Å². The van der Waals surface area contributed by atoms with Crippen molar-refractivity contribution in [2.24, 2.45) is 5.92 Å². The van der Waals surface area contributed by atoms with Crippen molar-refractivity contribution in [1.82, 2.24) is 10.2 Å². The maximum atomic E-state index is 12.7. The smallest absolute Gasteiger partial charge is 0.251 e. The van der Waals surface area contributed by atoms with Crippen LogP contribution in [-0.2, 0) is 19.5 Å². The summed E-state index contributed by atoms with van der Waals surface area (Å²) < 4.78 is 37.5. The van der Waals surface area contributed by atoms with Crippen LogP contribution >= 0.6 is 0 Å². The lowest BCUT2D eigenvalue weighted by molar-refractivity contribution is 0.00166. The van der Waals surface area contributed by atoms with E-state index in [-0.39, 0.29) is 17.7 Å². The van der Waals surface area contributed by atoms with Gasteiger partial charge in [0.2, 0.25) is 10.0 Å². The molecule has 1 aromatic rings. The molecule has 2 unspecified atom stereocenters. The largest absolute Gasteiger partial charge is 0.381 e. The van der Waals surface area contributed by atoms with E-state index in [4.69, 9.17) is 9.47 Å². The van der Waals surface area contributed by atoms with Gasteiger partial charge in [0.25, 0.3) is 5.91 Å². The van der Waals surface area contributed by atoms with Crippen LogP contribution in [0.15, 0.2) is 24.3 Å². The zero-order valence-corrected chi connectivity index (χ0v) is 17.7. The van der Waals surface area contributed by atoms with E-state index in [1.807, 2.05) is 6.92 Å². The zero-order valence-electron chi connectivity index (χ0n) is 16.9. The molecule has 0 radical (unpaired) electrons. The van der Waals surface area contributed by atoms with Crippen molar-refractivity contribution < 1.29 is 22.7 Å². The van der Waals surface area contributed by atoms with Crippen molar-refractivity contribution in [3.8, 4) is 0 Å². The van der Waals surface area contributed by atoms with E-state index in [0.717, 1.165) is 26.1 Å². The number of nitrogens with zero attached hydrogens (tertiary/aromatic N) is 1. The Morgan fingerprint density at radius 1 is 1.24 bits per heavy atom. The summed E-state index contributed by atoms with van der Waals surface area (Å²) in [6.07, 6.45) is 1.52. The number of ether oxygens (including phenoxy) is 2. The summed E-state index contributed by atoms with van der Waals surface area (Å²) in [5, 5.41) is 3.03. The molecule has 0 aromatic heterocycles. The molecule has 2 heterocycles. The summed E-state index contributed by atoms with van der Waals surface area (Å²) in [7, 11) is -3.39. The Labute approximate surface area is 173 Å². The Kier molecular flexibility index (Phi) is 7.88. The lowest BCUT2D eigenvalue weighted by atomic mass is 9.96. The van der Waals surface area contributed by atoms with Crippen LogP contribution in [0.4, 0.5) is 5.69 Å². The van der Waals surface area contributed by atoms with E-state index in [1.54, 1.807) is 24.3 Å². The molecule has 2 N–H and O–H groups in total. The molecule has 2 fully saturated rings. The molecule has 8 nitrogen and oxygen atoms in total. The summed E-state index contributed by atoms with van der Waals surface area (Å²) in [5.41, 5.74) is 0.838. The quantitative estimate of drug-likeness (QED) is 0.619. The second kappa shape index (κ2) is 10.4. The fourth-order valence-corrected chi connectivity index (χ4v) is 5.01. The number of nitrogens with one attached hydrogen (secondary N) is 2. The van der Waals surface area contributed by atoms with Crippen molar-refractivity contribution in [1.29, 1.82) is 0 Å². The standard InChI is InChI=1S/C20H31N3O5S/c1-2-12-29(25,26)22-18-5-3-4-16(13-18)20(24)21-14-19(17-6-9-28-15-17)23-7-10-27-11-8-23/h3-5,13,17,19,22H,2,6-12,14-15H2,1H3,(H,21,24). The van der Waals surface area contributed by atoms with Crippen molar-refractivity contribution in [3.05, 3.63) is 29.8 Å². The minimum atomic E-state index is -3.39. The molecular formula is C20H31N3O5S. The van der Waals surface area contributed by atoms with Gasteiger partial charge in [0.05, 0.1) is 25.6 Å². The molecule has 1 aromatic carbocycles. The van der Waals surface area contributed by atoms with Crippen LogP contribution in [0.1, 0.15) is 30.1 Å². The van der Waals surface area contributed by atoms with E-state index >= 15 is 0 Å². The summed E-state index contributed by atoms with van der Waals surface area (Å²) in [5.74, 6) is 0.230. The lowest BCUT2D eigenvalue weighted by Gasteiger charge is -2.37. The minimum absolute atomic E-state index is 0.0497. The van der Waals surface area contributed by atoms with Crippen LogP contribution < -0.4 is 10.0 Å². The molecule has 0 bridgehead atoms. The third kappa shape index (κ3) is 6.40. The average molecular weight is 426 g/mol. The fourth-order valence-electron chi connectivity index (χ4n) is 3.88. The SMILES string of the molecule is CCCS(=O)(=O)Nc1cccc(C(=O)NCC(C2CCOC2)N2CCOCC2)c1. The molecule has 2 saturated heterocycles. The number of hydrogen-bond donors (Lipinski definition) is 2. The highest BCUT2D eigenvalue weighted by Gasteiger charge is 2.31. The van der Waals surface area contributed by atoms with Gasteiger partial charge in [0.15, 0.2) is 0 Å². The normalized spacial score (nSPS) is 21.6. The van der Waals surface area contributed by atoms with Crippen molar-refractivity contribution in [2.45, 2.75) is 25.8 Å². The van der Waals surface area contributed by atoms with Crippen LogP contribution in [0.5, 0.6) is 0 Å². The highest BCUT2D eigenvalue weighted by Crippen LogP contribution is 2.22. The highest BCUT2D eigenvalue weighted by molar-refractivity contribution is 7.92. The van der Waals surface area contributed by atoms with E-state index in [0.29, 0.717) is 50.0 Å². The van der Waals surface area contributed by atoms with Gasteiger partial charge < -0.3 is 14.8 Å². The van der Waals surface area contributed by atoms with Gasteiger partial charge in [-0.25, -0.2) is 8.42 Å². The number of morpholine rings is 1. The molecular weight excluding hydrogens is 394 g/mol. The molecule has 2 atom stereocenters. The van der Waals surface area contributed by atoms with Crippen molar-refractivity contribution in [3.63, 3.8) is 0 Å². The number of carbonyl (C=O) groups is 1. The van der Waals surface area contributed by atoms with Crippen LogP contribution in [0.3, 0.4) is 0 Å². The van der Waals surface area contributed by atoms with Gasteiger partial charge in [-0.05, 0) is 31.0 Å². The number of benzene rings is 1. The van der Waals surface area contributed by atoms with Crippen LogP contribution in [0.2, 0.25) is 0 Å². The maximum absolute atomic E-state index is 12.7. The predicted molar refractivity (Wildman–Crippen MR) is 112 cm³/mol. The molecule has 29 heavy (non-hydrogen) atoms. The summed E-state index contributed by atoms with van der Waals surface area (Å²) >= 11 is 0. The predicted octanol–water partition coefficient (Wildman–Crippen LogP) is 1.31. The molecule has 1 amide bonds. The number of hydrogen-bond acceptors (Lipinski definition) is 6. The van der Waals surface area contributed by atoms with Crippen LogP contribution in [0.25, 0.3) is 0 Å². The molecule has 3 rings (SSSR count). The van der Waals surface area contributed by atoms with E-state index in [1.165, 1.54) is 0 Å². The van der Waals surface area contributed by atoms with Gasteiger partial charge in [-0.15, -0.1) is 0 Å². The zero-order chi connectivity index (χ0) is 20.7. The highest BCUT2D eigenvalue weighted by atomic mass is 32.2. The first-order valence-electron chi connectivity index (χ1n) is 10.3. The van der Waals surface area contributed by atoms with E-state index in [2.05, 4.69) is 14.9 Å². The Hall–Kier alpha value is -1.68. The van der Waals surface area contributed by atoms with Crippen molar-refractivity contribution in [2.75, 3.05) is 56.5 Å². The van der Waals surface area contributed by atoms with Gasteiger partial charge >= 0.3 is 0 Å². The summed E-state index contributed by atoms with van der Waals surface area (Å²) in [6, 6.07) is 6.80. The number of anilines is 1. The summed E-state index contributed by atoms with van der Waals surface area (Å²) in [6.45, 7) is 6.93. The molecule has 0 spiro atoms. The van der Waals surface area contributed by atoms with E-state index < -0.39 is 10.0 Å². The van der Waals surface area contributed by atoms with Gasteiger partial charge in [-0.1, -0.05) is 13.0 Å². The third-order valence-electron chi connectivity index (χ3n) is 5.37. The van der Waals surface area contributed by atoms with Gasteiger partial charge in [-0.2, -0.15) is 0 Å². The maximum Gasteiger partial charge on any atom is 0.251 e. The fraction of sp³-hybridized carbons (Fsp3) is 0.650. The minimum Gasteiger partial charge on any atom is -0.381 e. The molecule has 2 aliphatic rings. The molecule has 162 valence electrons. The van der Waals surface area contributed by atoms with E-state index in [9.17, 15) is 13.2 Å². The number of rotatable bonds is 9. The monoisotopic (exact) mass is 425 g/mol.